The lowest BCUT2D eigenvalue weighted by Gasteiger charge is -2.21. The summed E-state index contributed by atoms with van der Waals surface area (Å²) in [6, 6.07) is 6.31. The van der Waals surface area contributed by atoms with Crippen molar-refractivity contribution in [2.75, 3.05) is 19.0 Å². The molecule has 0 atom stereocenters. The predicted octanol–water partition coefficient (Wildman–Crippen LogP) is 2.13. The lowest BCUT2D eigenvalue weighted by atomic mass is 9.99. The molecule has 0 radical (unpaired) electrons. The quantitative estimate of drug-likeness (QED) is 0.817. The van der Waals surface area contributed by atoms with Gasteiger partial charge in [0.05, 0.1) is 5.60 Å². The molecule has 2 nitrogen and oxygen atoms in total. The van der Waals surface area contributed by atoms with E-state index in [2.05, 4.69) is 44.1 Å². The van der Waals surface area contributed by atoms with Crippen molar-refractivity contribution in [2.45, 2.75) is 31.8 Å². The van der Waals surface area contributed by atoms with Crippen LogP contribution in [-0.2, 0) is 6.42 Å². The minimum absolute atomic E-state index is 0.406. The minimum atomic E-state index is -0.406. The van der Waals surface area contributed by atoms with E-state index in [0.29, 0.717) is 0 Å². The summed E-state index contributed by atoms with van der Waals surface area (Å²) in [5.41, 5.74) is 3.40. The molecule has 0 spiro atoms. The first-order valence-corrected chi connectivity index (χ1v) is 5.50. The molecule has 1 aromatic carbocycles. The van der Waals surface area contributed by atoms with Crippen LogP contribution in [0.4, 0.5) is 5.69 Å². The molecule has 2 rings (SSSR count). The first-order valence-electron chi connectivity index (χ1n) is 5.50. The topological polar surface area (TPSA) is 23.5 Å². The Balaban J connectivity index is 2.34. The van der Waals surface area contributed by atoms with Crippen LogP contribution in [-0.4, -0.2) is 24.8 Å². The SMILES string of the molecule is Cc1cccc(N(C)C)c1CC1(O)CC1. The van der Waals surface area contributed by atoms with Gasteiger partial charge in [-0.2, -0.15) is 0 Å². The molecule has 0 heterocycles. The fourth-order valence-corrected chi connectivity index (χ4v) is 1.99. The molecule has 0 saturated heterocycles. The lowest BCUT2D eigenvalue weighted by molar-refractivity contribution is 0.151. The Labute approximate surface area is 91.5 Å². The smallest absolute Gasteiger partial charge is 0.0691 e. The second kappa shape index (κ2) is 3.53. The highest BCUT2D eigenvalue weighted by atomic mass is 16.3. The molecular weight excluding hydrogens is 186 g/mol. The van der Waals surface area contributed by atoms with Crippen LogP contribution in [0.5, 0.6) is 0 Å². The minimum Gasteiger partial charge on any atom is -0.390 e. The summed E-state index contributed by atoms with van der Waals surface area (Å²) in [5, 5.41) is 9.99. The molecule has 1 fully saturated rings. The lowest BCUT2D eigenvalue weighted by Crippen LogP contribution is -2.17. The van der Waals surface area contributed by atoms with Gasteiger partial charge in [-0.15, -0.1) is 0 Å². The maximum absolute atomic E-state index is 9.99. The summed E-state index contributed by atoms with van der Waals surface area (Å²) < 4.78 is 0. The van der Waals surface area contributed by atoms with Gasteiger partial charge in [-0.05, 0) is 37.0 Å². The van der Waals surface area contributed by atoms with Gasteiger partial charge >= 0.3 is 0 Å². The van der Waals surface area contributed by atoms with Crippen molar-refractivity contribution >= 4 is 5.69 Å². The standard InChI is InChI=1S/C13H19NO/c1-10-5-4-6-12(14(2)3)11(10)9-13(15)7-8-13/h4-6,15H,7-9H2,1-3H3. The Hall–Kier alpha value is -1.02. The van der Waals surface area contributed by atoms with Gasteiger partial charge in [0.25, 0.3) is 0 Å². The third-order valence-electron chi connectivity index (χ3n) is 3.20. The number of hydrogen-bond acceptors (Lipinski definition) is 2. The Bertz CT molecular complexity index is 367. The van der Waals surface area contributed by atoms with Gasteiger partial charge < -0.3 is 10.0 Å². The molecule has 1 aliphatic rings. The molecule has 15 heavy (non-hydrogen) atoms. The molecule has 82 valence electrons. The van der Waals surface area contributed by atoms with Crippen molar-refractivity contribution in [3.8, 4) is 0 Å². The Morgan fingerprint density at radius 2 is 2.00 bits per heavy atom. The number of aryl methyl sites for hydroxylation is 1. The third-order valence-corrected chi connectivity index (χ3v) is 3.20. The van der Waals surface area contributed by atoms with Gasteiger partial charge in [0.2, 0.25) is 0 Å². The predicted molar refractivity (Wildman–Crippen MR) is 63.4 cm³/mol. The van der Waals surface area contributed by atoms with Gasteiger partial charge in [0, 0.05) is 26.2 Å². The average molecular weight is 205 g/mol. The van der Waals surface area contributed by atoms with Crippen molar-refractivity contribution in [1.82, 2.24) is 0 Å². The molecule has 0 aliphatic heterocycles. The van der Waals surface area contributed by atoms with Crippen molar-refractivity contribution in [1.29, 1.82) is 0 Å². The van der Waals surface area contributed by atoms with Crippen molar-refractivity contribution < 1.29 is 5.11 Å². The van der Waals surface area contributed by atoms with Gasteiger partial charge in [-0.3, -0.25) is 0 Å². The number of nitrogens with zero attached hydrogens (tertiary/aromatic N) is 1. The summed E-state index contributed by atoms with van der Waals surface area (Å²) in [4.78, 5) is 2.12. The number of aliphatic hydroxyl groups is 1. The van der Waals surface area contributed by atoms with E-state index in [4.69, 9.17) is 0 Å². The first-order chi connectivity index (χ1) is 7.02. The van der Waals surface area contributed by atoms with E-state index in [-0.39, 0.29) is 0 Å². The van der Waals surface area contributed by atoms with E-state index in [1.165, 1.54) is 16.8 Å². The van der Waals surface area contributed by atoms with E-state index < -0.39 is 5.60 Å². The molecule has 0 unspecified atom stereocenters. The van der Waals surface area contributed by atoms with Crippen LogP contribution in [0.25, 0.3) is 0 Å². The van der Waals surface area contributed by atoms with Crippen LogP contribution >= 0.6 is 0 Å². The zero-order valence-electron chi connectivity index (χ0n) is 9.75. The number of hydrogen-bond donors (Lipinski definition) is 1. The second-order valence-electron chi connectivity index (χ2n) is 4.87. The molecular formula is C13H19NO. The van der Waals surface area contributed by atoms with Crippen LogP contribution in [0.3, 0.4) is 0 Å². The Morgan fingerprint density at radius 3 is 2.53 bits per heavy atom. The molecule has 1 aliphatic carbocycles. The van der Waals surface area contributed by atoms with Crippen molar-refractivity contribution in [3.63, 3.8) is 0 Å². The van der Waals surface area contributed by atoms with Crippen LogP contribution in [0.2, 0.25) is 0 Å². The van der Waals surface area contributed by atoms with Crippen molar-refractivity contribution in [3.05, 3.63) is 29.3 Å². The highest BCUT2D eigenvalue weighted by Crippen LogP contribution is 2.40. The zero-order valence-corrected chi connectivity index (χ0v) is 9.75. The van der Waals surface area contributed by atoms with E-state index in [1.807, 2.05) is 0 Å². The van der Waals surface area contributed by atoms with Crippen LogP contribution in [0, 0.1) is 6.92 Å². The van der Waals surface area contributed by atoms with Gasteiger partial charge in [-0.25, -0.2) is 0 Å². The van der Waals surface area contributed by atoms with Crippen LogP contribution in [0.1, 0.15) is 24.0 Å². The fourth-order valence-electron chi connectivity index (χ4n) is 1.99. The van der Waals surface area contributed by atoms with Gasteiger partial charge in [-0.1, -0.05) is 12.1 Å². The summed E-state index contributed by atoms with van der Waals surface area (Å²) >= 11 is 0. The fraction of sp³-hybridized carbons (Fsp3) is 0.538. The molecule has 0 bridgehead atoms. The van der Waals surface area contributed by atoms with Crippen LogP contribution < -0.4 is 4.90 Å². The summed E-state index contributed by atoms with van der Waals surface area (Å²) in [6.45, 7) is 2.12. The summed E-state index contributed by atoms with van der Waals surface area (Å²) in [6.07, 6.45) is 2.70. The highest BCUT2D eigenvalue weighted by molar-refractivity contribution is 5.56. The monoisotopic (exact) mass is 205 g/mol. The molecule has 1 aromatic rings. The van der Waals surface area contributed by atoms with Crippen LogP contribution in [0.15, 0.2) is 18.2 Å². The van der Waals surface area contributed by atoms with E-state index in [9.17, 15) is 5.11 Å². The normalized spacial score (nSPS) is 17.6. The first kappa shape index (κ1) is 10.5. The maximum atomic E-state index is 9.99. The van der Waals surface area contributed by atoms with E-state index >= 15 is 0 Å². The van der Waals surface area contributed by atoms with Crippen molar-refractivity contribution in [2.24, 2.45) is 0 Å². The molecule has 1 saturated carbocycles. The largest absolute Gasteiger partial charge is 0.390 e. The highest BCUT2D eigenvalue weighted by Gasteiger charge is 2.41. The van der Waals surface area contributed by atoms with Gasteiger partial charge in [0.15, 0.2) is 0 Å². The maximum Gasteiger partial charge on any atom is 0.0691 e. The van der Waals surface area contributed by atoms with E-state index in [1.54, 1.807) is 0 Å². The molecule has 0 aromatic heterocycles. The summed E-state index contributed by atoms with van der Waals surface area (Å²) in [7, 11) is 4.10. The zero-order chi connectivity index (χ0) is 11.1. The third kappa shape index (κ3) is 2.15. The second-order valence-corrected chi connectivity index (χ2v) is 4.87. The average Bonchev–Trinajstić information content (AvgIpc) is 2.87. The Kier molecular flexibility index (Phi) is 2.47. The molecule has 2 heteroatoms. The molecule has 0 amide bonds. The number of benzene rings is 1. The Morgan fingerprint density at radius 1 is 1.33 bits per heavy atom. The van der Waals surface area contributed by atoms with Gasteiger partial charge in [0.1, 0.15) is 0 Å². The summed E-state index contributed by atoms with van der Waals surface area (Å²) in [5.74, 6) is 0. The van der Waals surface area contributed by atoms with E-state index in [0.717, 1.165) is 19.3 Å². The number of anilines is 1. The molecule has 1 N–H and O–H groups in total. The number of rotatable bonds is 3.